The van der Waals surface area contributed by atoms with E-state index in [9.17, 15) is 18.0 Å². The first-order chi connectivity index (χ1) is 18.6. The Morgan fingerprint density at radius 1 is 1.07 bits per heavy atom. The van der Waals surface area contributed by atoms with Crippen molar-refractivity contribution in [1.82, 2.24) is 4.90 Å². The van der Waals surface area contributed by atoms with Crippen LogP contribution in [0.15, 0.2) is 82.2 Å². The predicted octanol–water partition coefficient (Wildman–Crippen LogP) is 9.17. The van der Waals surface area contributed by atoms with E-state index in [1.54, 1.807) is 38.6 Å². The average Bonchev–Trinajstić information content (AvgIpc) is 2.86. The van der Waals surface area contributed by atoms with Crippen LogP contribution in [-0.4, -0.2) is 42.3 Å². The number of ether oxygens (including phenoxy) is 2. The van der Waals surface area contributed by atoms with E-state index in [1.807, 2.05) is 31.2 Å². The molecule has 4 nitrogen and oxygen atoms in total. The molecule has 0 heterocycles. The third-order valence-corrected chi connectivity index (χ3v) is 7.28. The van der Waals surface area contributed by atoms with Crippen LogP contribution in [0.1, 0.15) is 66.9 Å². The van der Waals surface area contributed by atoms with Gasteiger partial charge in [0.05, 0.1) is 12.2 Å². The number of rotatable bonds is 16. The molecule has 222 valence electrons. The molecule has 1 aromatic carbocycles. The van der Waals surface area contributed by atoms with Gasteiger partial charge in [0.1, 0.15) is 5.75 Å². The van der Waals surface area contributed by atoms with Crippen molar-refractivity contribution in [3.8, 4) is 5.75 Å². The molecule has 0 amide bonds. The van der Waals surface area contributed by atoms with Crippen molar-refractivity contribution in [2.75, 3.05) is 19.7 Å². The van der Waals surface area contributed by atoms with Gasteiger partial charge in [0, 0.05) is 22.9 Å². The smallest absolute Gasteiger partial charge is 0.416 e. The third-order valence-electron chi connectivity index (χ3n) is 5.93. The van der Waals surface area contributed by atoms with Crippen molar-refractivity contribution >= 4 is 17.7 Å². The lowest BCUT2D eigenvalue weighted by Crippen LogP contribution is -2.39. The highest BCUT2D eigenvalue weighted by Crippen LogP contribution is 2.33. The monoisotopic (exact) mass is 579 g/mol. The van der Waals surface area contributed by atoms with Crippen LogP contribution in [0, 0.1) is 0 Å². The summed E-state index contributed by atoms with van der Waals surface area (Å²) >= 11 is 1.56. The lowest BCUT2D eigenvalue weighted by molar-refractivity contribution is -0.158. The molecule has 0 spiro atoms. The van der Waals surface area contributed by atoms with Gasteiger partial charge >= 0.3 is 12.1 Å². The quantitative estimate of drug-likeness (QED) is 0.144. The van der Waals surface area contributed by atoms with Crippen LogP contribution in [0.5, 0.6) is 5.75 Å². The second-order valence-corrected chi connectivity index (χ2v) is 11.3. The molecule has 0 radical (unpaired) electrons. The number of carbonyl (C=O) groups excluding carboxylic acids is 1. The molecule has 40 heavy (non-hydrogen) atoms. The summed E-state index contributed by atoms with van der Waals surface area (Å²) in [6.45, 7) is 23.3. The minimum absolute atomic E-state index is 0.148. The number of hydrogen-bond donors (Lipinski definition) is 0. The van der Waals surface area contributed by atoms with E-state index in [0.29, 0.717) is 12.4 Å². The van der Waals surface area contributed by atoms with Gasteiger partial charge in [0.25, 0.3) is 0 Å². The van der Waals surface area contributed by atoms with Crippen molar-refractivity contribution < 1.29 is 27.4 Å². The number of thioether (sulfide) groups is 1. The summed E-state index contributed by atoms with van der Waals surface area (Å²) < 4.78 is 49.8. The molecule has 0 unspecified atom stereocenters. The number of halogens is 3. The van der Waals surface area contributed by atoms with Crippen molar-refractivity contribution in [3.05, 3.63) is 87.7 Å². The lowest BCUT2D eigenvalue weighted by atomic mass is 10.1. The van der Waals surface area contributed by atoms with E-state index in [2.05, 4.69) is 38.8 Å². The Hall–Kier alpha value is -2.71. The Balaban J connectivity index is 2.91. The number of carbonyl (C=O) groups is 1. The molecule has 0 saturated carbocycles. The second-order valence-electron chi connectivity index (χ2n) is 10.1. The molecule has 0 N–H and O–H groups in total. The van der Waals surface area contributed by atoms with Gasteiger partial charge in [0.2, 0.25) is 0 Å². The first-order valence-corrected chi connectivity index (χ1v) is 14.2. The number of alkyl halides is 3. The number of allylic oxidation sites excluding steroid dienone is 6. The van der Waals surface area contributed by atoms with Crippen LogP contribution in [0.2, 0.25) is 0 Å². The zero-order valence-electron chi connectivity index (χ0n) is 24.9. The Bertz CT molecular complexity index is 1100. The Morgan fingerprint density at radius 3 is 2.20 bits per heavy atom. The van der Waals surface area contributed by atoms with Gasteiger partial charge in [-0.3, -0.25) is 4.90 Å². The van der Waals surface area contributed by atoms with Gasteiger partial charge in [-0.2, -0.15) is 13.2 Å². The SMILES string of the molecule is C=CC(=CC/C=C(\C)C(=C)SC(CN(CCC)Cc1ccc(OC(C)(C)C(=O)OCC)cc1)=C(C)C)C(F)(F)F. The van der Waals surface area contributed by atoms with Gasteiger partial charge in [-0.15, -0.1) is 0 Å². The fourth-order valence-corrected chi connectivity index (χ4v) is 4.60. The van der Waals surface area contributed by atoms with Crippen LogP contribution in [-0.2, 0) is 16.1 Å². The first-order valence-electron chi connectivity index (χ1n) is 13.4. The molecule has 0 aliphatic heterocycles. The lowest BCUT2D eigenvalue weighted by Gasteiger charge is -2.26. The van der Waals surface area contributed by atoms with Gasteiger partial charge in [-0.25, -0.2) is 4.79 Å². The summed E-state index contributed by atoms with van der Waals surface area (Å²) in [5.74, 6) is 0.180. The van der Waals surface area contributed by atoms with Crippen LogP contribution in [0.3, 0.4) is 0 Å². The fourth-order valence-electron chi connectivity index (χ4n) is 3.61. The highest BCUT2D eigenvalue weighted by atomic mass is 32.2. The summed E-state index contributed by atoms with van der Waals surface area (Å²) in [7, 11) is 0. The zero-order chi connectivity index (χ0) is 30.5. The Morgan fingerprint density at radius 2 is 1.70 bits per heavy atom. The second kappa shape index (κ2) is 16.5. The van der Waals surface area contributed by atoms with Gasteiger partial charge in [-0.05, 0) is 84.2 Å². The van der Waals surface area contributed by atoms with E-state index in [0.717, 1.165) is 64.7 Å². The summed E-state index contributed by atoms with van der Waals surface area (Å²) in [5, 5.41) is 0. The maximum atomic E-state index is 12.9. The molecule has 0 aromatic heterocycles. The molecule has 0 saturated heterocycles. The standard InChI is InChI=1S/C32H44F3NO3S/c1-10-20-36(21-26-16-18-28(19-17-26)39-31(8,9)30(37)38-12-3)22-29(23(4)5)40-25(7)24(6)14-13-15-27(11-2)32(33,34)35/h11,14-19H,2,7,10,12-13,20-22H2,1,3-6,8-9H3/b24-14+,27-15?. The molecule has 0 bridgehead atoms. The van der Waals surface area contributed by atoms with Crippen molar-refractivity contribution in [1.29, 1.82) is 0 Å². The summed E-state index contributed by atoms with van der Waals surface area (Å²) in [5.41, 5.74) is 1.29. The summed E-state index contributed by atoms with van der Waals surface area (Å²) in [4.78, 5) is 16.4. The largest absolute Gasteiger partial charge is 0.476 e. The third kappa shape index (κ3) is 12.2. The first kappa shape index (κ1) is 35.3. The molecule has 1 rings (SSSR count). The zero-order valence-corrected chi connectivity index (χ0v) is 25.7. The highest BCUT2D eigenvalue weighted by molar-refractivity contribution is 8.07. The summed E-state index contributed by atoms with van der Waals surface area (Å²) in [6.07, 6.45) is 0.444. The molecule has 0 aliphatic rings. The van der Waals surface area contributed by atoms with Crippen molar-refractivity contribution in [2.45, 2.75) is 79.6 Å². The maximum Gasteiger partial charge on any atom is 0.416 e. The number of benzene rings is 1. The minimum Gasteiger partial charge on any atom is -0.476 e. The average molecular weight is 580 g/mol. The van der Waals surface area contributed by atoms with E-state index in [1.165, 1.54) is 0 Å². The molecule has 0 atom stereocenters. The Kier molecular flexibility index (Phi) is 14.6. The number of esters is 1. The van der Waals surface area contributed by atoms with E-state index < -0.39 is 23.3 Å². The topological polar surface area (TPSA) is 38.8 Å². The minimum atomic E-state index is -4.40. The Labute approximate surface area is 242 Å². The van der Waals surface area contributed by atoms with Gasteiger partial charge in [0.15, 0.2) is 5.60 Å². The number of nitrogens with zero attached hydrogens (tertiary/aromatic N) is 1. The van der Waals surface area contributed by atoms with E-state index in [-0.39, 0.29) is 6.42 Å². The van der Waals surface area contributed by atoms with Crippen molar-refractivity contribution in [2.24, 2.45) is 0 Å². The molecule has 0 fully saturated rings. The van der Waals surface area contributed by atoms with Gasteiger partial charge in [-0.1, -0.05) is 67.8 Å². The van der Waals surface area contributed by atoms with E-state index >= 15 is 0 Å². The van der Waals surface area contributed by atoms with Crippen molar-refractivity contribution in [3.63, 3.8) is 0 Å². The van der Waals surface area contributed by atoms with Crippen LogP contribution in [0.4, 0.5) is 13.2 Å². The predicted molar refractivity (Wildman–Crippen MR) is 161 cm³/mol. The van der Waals surface area contributed by atoms with Crippen LogP contribution >= 0.6 is 11.8 Å². The molecular weight excluding hydrogens is 535 g/mol. The number of hydrogen-bond acceptors (Lipinski definition) is 5. The summed E-state index contributed by atoms with van der Waals surface area (Å²) in [6, 6.07) is 7.70. The molecule has 1 aromatic rings. The highest BCUT2D eigenvalue weighted by Gasteiger charge is 2.32. The normalized spacial score (nSPS) is 12.8. The van der Waals surface area contributed by atoms with Crippen LogP contribution < -0.4 is 4.74 Å². The maximum absolute atomic E-state index is 12.9. The molecular formula is C32H44F3NO3S. The molecule has 0 aliphatic carbocycles. The fraction of sp³-hybridized carbons (Fsp3) is 0.469. The van der Waals surface area contributed by atoms with E-state index in [4.69, 9.17) is 9.47 Å². The van der Waals surface area contributed by atoms with Crippen LogP contribution in [0.25, 0.3) is 0 Å². The molecule has 8 heteroatoms. The van der Waals surface area contributed by atoms with Gasteiger partial charge < -0.3 is 9.47 Å².